The maximum atomic E-state index is 13.3. The number of likely N-dealkylation sites (tertiary alicyclic amines) is 1. The first-order chi connectivity index (χ1) is 13.6. The average Bonchev–Trinajstić information content (AvgIpc) is 2.72. The third-order valence-corrected chi connectivity index (χ3v) is 5.25. The maximum absolute atomic E-state index is 13.3. The molecule has 4 nitrogen and oxygen atoms in total. The van der Waals surface area contributed by atoms with Gasteiger partial charge in [-0.1, -0.05) is 42.5 Å². The van der Waals surface area contributed by atoms with E-state index < -0.39 is 5.97 Å². The number of benzene rings is 2. The number of piperidine rings is 1. The van der Waals surface area contributed by atoms with Crippen LogP contribution in [0.1, 0.15) is 49.3 Å². The van der Waals surface area contributed by atoms with E-state index in [1.807, 2.05) is 30.3 Å². The van der Waals surface area contributed by atoms with Gasteiger partial charge in [0.05, 0.1) is 6.10 Å². The fraction of sp³-hybridized carbons (Fsp3) is 0.435. The van der Waals surface area contributed by atoms with Gasteiger partial charge in [0, 0.05) is 19.5 Å². The van der Waals surface area contributed by atoms with Gasteiger partial charge in [0.25, 0.3) is 0 Å². The van der Waals surface area contributed by atoms with Crippen molar-refractivity contribution >= 4 is 18.4 Å². The van der Waals surface area contributed by atoms with Crippen molar-refractivity contribution in [3.63, 3.8) is 0 Å². The Morgan fingerprint density at radius 3 is 2.28 bits per heavy atom. The molecule has 1 aliphatic heterocycles. The van der Waals surface area contributed by atoms with E-state index in [9.17, 15) is 9.18 Å². The summed E-state index contributed by atoms with van der Waals surface area (Å²) in [5.74, 6) is -0.966. The van der Waals surface area contributed by atoms with Gasteiger partial charge in [-0.3, -0.25) is 4.79 Å². The second kappa shape index (κ2) is 11.9. The fourth-order valence-corrected chi connectivity index (χ4v) is 3.69. The van der Waals surface area contributed by atoms with Crippen LogP contribution < -0.4 is 0 Å². The molecule has 158 valence electrons. The van der Waals surface area contributed by atoms with Crippen LogP contribution in [-0.2, 0) is 9.53 Å². The minimum absolute atomic E-state index is 0. The number of carbonyl (C=O) groups is 1. The number of carboxylic acids is 1. The van der Waals surface area contributed by atoms with Crippen LogP contribution in [0.25, 0.3) is 0 Å². The van der Waals surface area contributed by atoms with Gasteiger partial charge in [-0.05, 0) is 55.5 Å². The Hall–Kier alpha value is -1.95. The first kappa shape index (κ1) is 23.3. The monoisotopic (exact) mass is 421 g/mol. The van der Waals surface area contributed by atoms with Gasteiger partial charge < -0.3 is 14.7 Å². The molecule has 2 aromatic carbocycles. The lowest BCUT2D eigenvalue weighted by Crippen LogP contribution is -2.38. The third-order valence-electron chi connectivity index (χ3n) is 5.25. The lowest BCUT2D eigenvalue weighted by Gasteiger charge is -2.34. The number of carboxylic acid groups (broad SMARTS) is 1. The van der Waals surface area contributed by atoms with Crippen LogP contribution >= 0.6 is 12.4 Å². The predicted octanol–water partition coefficient (Wildman–Crippen LogP) is 5.07. The molecule has 1 N–H and O–H groups in total. The highest BCUT2D eigenvalue weighted by Crippen LogP contribution is 2.30. The van der Waals surface area contributed by atoms with E-state index in [-0.39, 0.29) is 36.9 Å². The van der Waals surface area contributed by atoms with Crippen LogP contribution in [0.4, 0.5) is 4.39 Å². The molecule has 0 spiro atoms. The molecular weight excluding hydrogens is 393 g/mol. The van der Waals surface area contributed by atoms with E-state index in [0.717, 1.165) is 56.4 Å². The lowest BCUT2D eigenvalue weighted by molar-refractivity contribution is -0.137. The zero-order valence-corrected chi connectivity index (χ0v) is 17.3. The number of hydrogen-bond donors (Lipinski definition) is 1. The van der Waals surface area contributed by atoms with Gasteiger partial charge in [0.1, 0.15) is 11.9 Å². The van der Waals surface area contributed by atoms with Gasteiger partial charge >= 0.3 is 5.97 Å². The number of unbranched alkanes of at least 4 members (excludes halogenated alkanes) is 1. The third kappa shape index (κ3) is 7.42. The normalized spacial score (nSPS) is 16.2. The Morgan fingerprint density at radius 1 is 1.03 bits per heavy atom. The topological polar surface area (TPSA) is 49.8 Å². The van der Waals surface area contributed by atoms with Crippen molar-refractivity contribution in [3.05, 3.63) is 71.5 Å². The molecule has 1 unspecified atom stereocenters. The Labute approximate surface area is 178 Å². The minimum atomic E-state index is -0.722. The fourth-order valence-electron chi connectivity index (χ4n) is 3.69. The van der Waals surface area contributed by atoms with E-state index in [2.05, 4.69) is 4.90 Å². The van der Waals surface area contributed by atoms with Gasteiger partial charge in [-0.15, -0.1) is 12.4 Å². The Bertz CT molecular complexity index is 734. The van der Waals surface area contributed by atoms with Crippen LogP contribution in [0.5, 0.6) is 0 Å². The molecule has 6 heteroatoms. The molecule has 0 amide bonds. The van der Waals surface area contributed by atoms with E-state index >= 15 is 0 Å². The summed E-state index contributed by atoms with van der Waals surface area (Å²) < 4.78 is 19.8. The van der Waals surface area contributed by atoms with E-state index in [0.29, 0.717) is 0 Å². The highest BCUT2D eigenvalue weighted by molar-refractivity contribution is 5.85. The number of nitrogens with zero attached hydrogens (tertiary/aromatic N) is 1. The van der Waals surface area contributed by atoms with Gasteiger partial charge in [-0.2, -0.15) is 0 Å². The second-order valence-corrected chi connectivity index (χ2v) is 7.37. The molecule has 0 aliphatic carbocycles. The molecule has 1 aliphatic rings. The summed E-state index contributed by atoms with van der Waals surface area (Å²) in [5.41, 5.74) is 2.04. The molecule has 0 aromatic heterocycles. The molecule has 1 atom stereocenters. The van der Waals surface area contributed by atoms with Crippen LogP contribution in [0.2, 0.25) is 0 Å². The van der Waals surface area contributed by atoms with Gasteiger partial charge in [-0.25, -0.2) is 4.39 Å². The molecule has 0 saturated carbocycles. The highest BCUT2D eigenvalue weighted by Gasteiger charge is 2.24. The van der Waals surface area contributed by atoms with Crippen molar-refractivity contribution in [2.75, 3.05) is 19.6 Å². The van der Waals surface area contributed by atoms with Crippen molar-refractivity contribution in [3.8, 4) is 0 Å². The number of hydrogen-bond acceptors (Lipinski definition) is 3. The molecule has 29 heavy (non-hydrogen) atoms. The number of ether oxygens (including phenoxy) is 1. The first-order valence-corrected chi connectivity index (χ1v) is 10.0. The van der Waals surface area contributed by atoms with Crippen LogP contribution in [0, 0.1) is 5.82 Å². The summed E-state index contributed by atoms with van der Waals surface area (Å²) in [7, 11) is 0. The molecular formula is C23H29ClFNO3. The maximum Gasteiger partial charge on any atom is 0.303 e. The van der Waals surface area contributed by atoms with E-state index in [4.69, 9.17) is 9.84 Å². The van der Waals surface area contributed by atoms with Crippen molar-refractivity contribution in [1.82, 2.24) is 4.90 Å². The molecule has 0 bridgehead atoms. The lowest BCUT2D eigenvalue weighted by atomic mass is 10.00. The van der Waals surface area contributed by atoms with Crippen molar-refractivity contribution < 1.29 is 19.0 Å². The molecule has 0 radical (unpaired) electrons. The second-order valence-electron chi connectivity index (χ2n) is 7.37. The Morgan fingerprint density at radius 2 is 1.66 bits per heavy atom. The molecule has 2 aromatic rings. The summed E-state index contributed by atoms with van der Waals surface area (Å²) in [6.45, 7) is 2.87. The number of halogens is 2. The number of rotatable bonds is 9. The smallest absolute Gasteiger partial charge is 0.303 e. The van der Waals surface area contributed by atoms with Crippen molar-refractivity contribution in [2.45, 2.75) is 44.3 Å². The van der Waals surface area contributed by atoms with Crippen molar-refractivity contribution in [2.24, 2.45) is 0 Å². The first-order valence-electron chi connectivity index (χ1n) is 10.0. The Kier molecular flexibility index (Phi) is 9.58. The van der Waals surface area contributed by atoms with Crippen molar-refractivity contribution in [1.29, 1.82) is 0 Å². The zero-order chi connectivity index (χ0) is 19.8. The molecule has 1 fully saturated rings. The summed E-state index contributed by atoms with van der Waals surface area (Å²) in [6.07, 6.45) is 3.74. The van der Waals surface area contributed by atoms with Crippen LogP contribution in [0.3, 0.4) is 0 Å². The summed E-state index contributed by atoms with van der Waals surface area (Å²) in [4.78, 5) is 13.0. The molecule has 3 rings (SSSR count). The summed E-state index contributed by atoms with van der Waals surface area (Å²) in [5, 5.41) is 8.72. The quantitative estimate of drug-likeness (QED) is 0.574. The molecule has 1 heterocycles. The van der Waals surface area contributed by atoms with Gasteiger partial charge in [0.15, 0.2) is 0 Å². The SMILES string of the molecule is Cl.O=C(O)CCCCN1CCC(OC(c2ccccc2)c2ccc(F)cc2)CC1. The van der Waals surface area contributed by atoms with E-state index in [1.165, 1.54) is 12.1 Å². The zero-order valence-electron chi connectivity index (χ0n) is 16.5. The largest absolute Gasteiger partial charge is 0.481 e. The van der Waals surface area contributed by atoms with E-state index in [1.54, 1.807) is 12.1 Å². The van der Waals surface area contributed by atoms with Crippen LogP contribution in [-0.4, -0.2) is 41.7 Å². The number of aliphatic carboxylic acids is 1. The van der Waals surface area contributed by atoms with Gasteiger partial charge in [0.2, 0.25) is 0 Å². The summed E-state index contributed by atoms with van der Waals surface area (Å²) in [6, 6.07) is 16.6. The predicted molar refractivity (Wildman–Crippen MR) is 114 cm³/mol. The molecule has 1 saturated heterocycles. The summed E-state index contributed by atoms with van der Waals surface area (Å²) >= 11 is 0. The Balaban J connectivity index is 0.00000300. The van der Waals surface area contributed by atoms with Crippen LogP contribution in [0.15, 0.2) is 54.6 Å². The minimum Gasteiger partial charge on any atom is -0.481 e. The average molecular weight is 422 g/mol. The highest BCUT2D eigenvalue weighted by atomic mass is 35.5. The standard InChI is InChI=1S/C23H28FNO3.ClH/c24-20-11-9-19(10-12-20)23(18-6-2-1-3-7-18)28-21-13-16-25(17-14-21)15-5-4-8-22(26)27;/h1-3,6-7,9-12,21,23H,4-5,8,13-17H2,(H,26,27);1H.